The summed E-state index contributed by atoms with van der Waals surface area (Å²) in [5, 5.41) is 0. The summed E-state index contributed by atoms with van der Waals surface area (Å²) in [7, 11) is 0. The van der Waals surface area contributed by atoms with Crippen LogP contribution in [0.2, 0.25) is 0 Å². The number of hydrogen-bond acceptors (Lipinski definition) is 2. The van der Waals surface area contributed by atoms with Crippen LogP contribution in [0.3, 0.4) is 0 Å². The van der Waals surface area contributed by atoms with E-state index in [0.717, 1.165) is 5.65 Å². The molecule has 1 aliphatic heterocycles. The molecular weight excluding hydrogens is 294 g/mol. The van der Waals surface area contributed by atoms with Crippen LogP contribution >= 0.6 is 0 Å². The third kappa shape index (κ3) is 1.65. The minimum Gasteiger partial charge on any atom is -0.352 e. The number of anilines is 1. The minimum absolute atomic E-state index is 0.0763. The van der Waals surface area contributed by atoms with Gasteiger partial charge in [-0.1, -0.05) is 37.1 Å². The van der Waals surface area contributed by atoms with Gasteiger partial charge in [0.1, 0.15) is 5.65 Å². The van der Waals surface area contributed by atoms with Gasteiger partial charge in [0.05, 0.1) is 23.0 Å². The lowest BCUT2D eigenvalue weighted by molar-refractivity contribution is 0.407. The summed E-state index contributed by atoms with van der Waals surface area (Å²) in [6.07, 6.45) is 7.18. The first-order valence-corrected chi connectivity index (χ1v) is 9.05. The van der Waals surface area contributed by atoms with E-state index in [4.69, 9.17) is 4.98 Å². The summed E-state index contributed by atoms with van der Waals surface area (Å²) in [4.78, 5) is 7.78. The molecule has 3 nitrogen and oxygen atoms in total. The maximum absolute atomic E-state index is 5.11. The Morgan fingerprint density at radius 3 is 2.58 bits per heavy atom. The van der Waals surface area contributed by atoms with Crippen LogP contribution in [0.1, 0.15) is 55.6 Å². The third-order valence-corrected chi connectivity index (χ3v) is 6.06. The van der Waals surface area contributed by atoms with Crippen LogP contribution in [-0.2, 0) is 5.54 Å². The number of pyridine rings is 1. The maximum atomic E-state index is 5.11. The fraction of sp³-hybridized carbons (Fsp3) is 0.381. The van der Waals surface area contributed by atoms with Crippen LogP contribution in [0.4, 0.5) is 5.69 Å². The normalized spacial score (nSPS) is 21.8. The lowest BCUT2D eigenvalue weighted by Crippen LogP contribution is -2.41. The monoisotopic (exact) mass is 317 g/mol. The first-order chi connectivity index (χ1) is 11.7. The lowest BCUT2D eigenvalue weighted by Gasteiger charge is -2.40. The first-order valence-electron chi connectivity index (χ1n) is 9.05. The summed E-state index contributed by atoms with van der Waals surface area (Å²) in [6.45, 7) is 4.58. The fourth-order valence-corrected chi connectivity index (χ4v) is 5.07. The van der Waals surface area contributed by atoms with Gasteiger partial charge in [-0.3, -0.25) is 0 Å². The molecule has 0 N–H and O–H groups in total. The van der Waals surface area contributed by atoms with E-state index in [1.807, 2.05) is 0 Å². The van der Waals surface area contributed by atoms with Gasteiger partial charge in [0.25, 0.3) is 0 Å². The molecule has 1 aromatic carbocycles. The van der Waals surface area contributed by atoms with Gasteiger partial charge < -0.3 is 9.30 Å². The Bertz CT molecular complexity index is 918. The van der Waals surface area contributed by atoms with Crippen molar-refractivity contribution in [3.63, 3.8) is 0 Å². The molecule has 1 saturated carbocycles. The molecule has 122 valence electrons. The van der Waals surface area contributed by atoms with Gasteiger partial charge in [-0.25, -0.2) is 4.98 Å². The standard InChI is InChI=1S/C21H23N3/c1-15-9-3-4-10-17(15)24-16(2)19-20(21(24)12-6-7-13-21)22-18-11-5-8-14-23(18)19/h3-5,8-11,14,16H,6-7,12-13H2,1-2H3/t16-/m0/s1. The van der Waals surface area contributed by atoms with Crippen LogP contribution < -0.4 is 4.90 Å². The summed E-state index contributed by atoms with van der Waals surface area (Å²) in [5.74, 6) is 0. The van der Waals surface area contributed by atoms with Crippen LogP contribution in [0, 0.1) is 6.92 Å². The van der Waals surface area contributed by atoms with Crippen molar-refractivity contribution < 1.29 is 0 Å². The van der Waals surface area contributed by atoms with Crippen molar-refractivity contribution >= 4 is 11.3 Å². The number of aromatic nitrogens is 2. The van der Waals surface area contributed by atoms with Gasteiger partial charge in [0.2, 0.25) is 0 Å². The molecule has 1 atom stereocenters. The van der Waals surface area contributed by atoms with Crippen molar-refractivity contribution in [3.8, 4) is 0 Å². The quantitative estimate of drug-likeness (QED) is 0.630. The van der Waals surface area contributed by atoms with Crippen molar-refractivity contribution in [2.24, 2.45) is 0 Å². The van der Waals surface area contributed by atoms with Crippen LogP contribution in [0.25, 0.3) is 5.65 Å². The van der Waals surface area contributed by atoms with Crippen molar-refractivity contribution in [1.82, 2.24) is 9.38 Å². The number of imidazole rings is 1. The molecular formula is C21H23N3. The maximum Gasteiger partial charge on any atom is 0.137 e. The van der Waals surface area contributed by atoms with Gasteiger partial charge >= 0.3 is 0 Å². The lowest BCUT2D eigenvalue weighted by atomic mass is 9.92. The van der Waals surface area contributed by atoms with E-state index in [9.17, 15) is 0 Å². The van der Waals surface area contributed by atoms with Crippen LogP contribution in [0.5, 0.6) is 0 Å². The van der Waals surface area contributed by atoms with Gasteiger partial charge in [-0.15, -0.1) is 0 Å². The average molecular weight is 317 g/mol. The number of fused-ring (bicyclic) bond motifs is 4. The largest absolute Gasteiger partial charge is 0.352 e. The molecule has 5 rings (SSSR count). The zero-order chi connectivity index (χ0) is 16.3. The van der Waals surface area contributed by atoms with Crippen molar-refractivity contribution in [1.29, 1.82) is 0 Å². The number of para-hydroxylation sites is 1. The Labute approximate surface area is 142 Å². The Hall–Kier alpha value is -2.29. The molecule has 0 bridgehead atoms. The smallest absolute Gasteiger partial charge is 0.137 e. The van der Waals surface area contributed by atoms with E-state index >= 15 is 0 Å². The molecule has 0 saturated heterocycles. The molecule has 0 radical (unpaired) electrons. The SMILES string of the molecule is Cc1ccccc1N1[C@@H](C)c2c(nc3ccccn23)C12CCCC2. The zero-order valence-electron chi connectivity index (χ0n) is 14.4. The van der Waals surface area contributed by atoms with Crippen LogP contribution in [0.15, 0.2) is 48.7 Å². The van der Waals surface area contributed by atoms with E-state index in [1.54, 1.807) is 0 Å². The van der Waals surface area contributed by atoms with Gasteiger partial charge in [-0.2, -0.15) is 0 Å². The summed E-state index contributed by atoms with van der Waals surface area (Å²) >= 11 is 0. The Morgan fingerprint density at radius 1 is 1.04 bits per heavy atom. The summed E-state index contributed by atoms with van der Waals surface area (Å²) in [5.41, 5.74) is 6.60. The van der Waals surface area contributed by atoms with E-state index in [1.165, 1.54) is 48.3 Å². The Morgan fingerprint density at radius 2 is 1.79 bits per heavy atom. The Kier molecular flexibility index (Phi) is 2.85. The molecule has 1 spiro atoms. The second-order valence-electron chi connectivity index (χ2n) is 7.35. The summed E-state index contributed by atoms with van der Waals surface area (Å²) < 4.78 is 2.30. The molecule has 0 unspecified atom stereocenters. The molecule has 1 fully saturated rings. The highest BCUT2D eigenvalue weighted by Crippen LogP contribution is 2.56. The highest BCUT2D eigenvalue weighted by molar-refractivity contribution is 5.64. The third-order valence-electron chi connectivity index (χ3n) is 6.06. The number of nitrogens with zero attached hydrogens (tertiary/aromatic N) is 3. The number of hydrogen-bond donors (Lipinski definition) is 0. The molecule has 3 heterocycles. The predicted octanol–water partition coefficient (Wildman–Crippen LogP) is 4.99. The van der Waals surface area contributed by atoms with Crippen LogP contribution in [-0.4, -0.2) is 9.38 Å². The number of benzene rings is 1. The number of aryl methyl sites for hydroxylation is 1. The summed E-state index contributed by atoms with van der Waals surface area (Å²) in [6, 6.07) is 15.5. The second kappa shape index (κ2) is 4.85. The minimum atomic E-state index is 0.0763. The van der Waals surface area contributed by atoms with Gasteiger partial charge in [0.15, 0.2) is 0 Å². The second-order valence-corrected chi connectivity index (χ2v) is 7.35. The van der Waals surface area contributed by atoms with Gasteiger partial charge in [0, 0.05) is 11.9 Å². The fourth-order valence-electron chi connectivity index (χ4n) is 5.07. The molecule has 0 amide bonds. The van der Waals surface area contributed by atoms with E-state index in [2.05, 4.69) is 71.8 Å². The van der Waals surface area contributed by atoms with Crippen molar-refractivity contribution in [2.75, 3.05) is 4.90 Å². The number of rotatable bonds is 1. The highest BCUT2D eigenvalue weighted by Gasteiger charge is 2.53. The van der Waals surface area contributed by atoms with E-state index in [-0.39, 0.29) is 5.54 Å². The van der Waals surface area contributed by atoms with E-state index < -0.39 is 0 Å². The van der Waals surface area contributed by atoms with Crippen molar-refractivity contribution in [3.05, 3.63) is 65.6 Å². The first kappa shape index (κ1) is 14.1. The van der Waals surface area contributed by atoms with E-state index in [0.29, 0.717) is 6.04 Å². The molecule has 3 aromatic rings. The highest BCUT2D eigenvalue weighted by atomic mass is 15.3. The molecule has 1 aliphatic carbocycles. The molecule has 2 aliphatic rings. The topological polar surface area (TPSA) is 20.5 Å². The van der Waals surface area contributed by atoms with Crippen molar-refractivity contribution in [2.45, 2.75) is 51.1 Å². The Balaban J connectivity index is 1.79. The average Bonchev–Trinajstić information content (AvgIpc) is 3.26. The molecule has 2 aromatic heterocycles. The molecule has 3 heteroatoms. The molecule has 24 heavy (non-hydrogen) atoms. The van der Waals surface area contributed by atoms with Gasteiger partial charge in [-0.05, 0) is 50.5 Å². The zero-order valence-corrected chi connectivity index (χ0v) is 14.4. The predicted molar refractivity (Wildman–Crippen MR) is 97.4 cm³/mol.